The molecule has 0 saturated carbocycles. The zero-order chi connectivity index (χ0) is 21.3. The first-order valence-corrected chi connectivity index (χ1v) is 12.0. The molecule has 1 aliphatic heterocycles. The molecule has 0 radical (unpaired) electrons. The molecule has 1 heterocycles. The van der Waals surface area contributed by atoms with Crippen molar-refractivity contribution in [3.8, 4) is 0 Å². The van der Waals surface area contributed by atoms with Gasteiger partial charge in [0.05, 0.1) is 17.1 Å². The summed E-state index contributed by atoms with van der Waals surface area (Å²) in [5.74, 6) is -0.230. The van der Waals surface area contributed by atoms with E-state index in [-0.39, 0.29) is 23.0 Å². The number of anilines is 1. The molecule has 2 atom stereocenters. The van der Waals surface area contributed by atoms with E-state index in [0.717, 1.165) is 24.9 Å². The summed E-state index contributed by atoms with van der Waals surface area (Å²) in [6, 6.07) is 12.2. The van der Waals surface area contributed by atoms with E-state index in [0.29, 0.717) is 18.7 Å². The van der Waals surface area contributed by atoms with Crippen LogP contribution in [0.1, 0.15) is 48.2 Å². The van der Waals surface area contributed by atoms with Crippen LogP contribution in [0.2, 0.25) is 0 Å². The van der Waals surface area contributed by atoms with Crippen molar-refractivity contribution in [3.05, 3.63) is 59.2 Å². The summed E-state index contributed by atoms with van der Waals surface area (Å²) in [5, 5.41) is 3.00. The lowest BCUT2D eigenvalue weighted by Crippen LogP contribution is -2.48. The van der Waals surface area contributed by atoms with Gasteiger partial charge in [-0.1, -0.05) is 12.1 Å². The third-order valence-electron chi connectivity index (χ3n) is 5.78. The van der Waals surface area contributed by atoms with Crippen LogP contribution in [0.3, 0.4) is 0 Å². The Labute approximate surface area is 178 Å². The van der Waals surface area contributed by atoms with Crippen LogP contribution in [-0.4, -0.2) is 43.9 Å². The molecule has 2 aromatic rings. The summed E-state index contributed by atoms with van der Waals surface area (Å²) in [5.41, 5.74) is 3.80. The summed E-state index contributed by atoms with van der Waals surface area (Å²) in [6.45, 7) is 4.39. The minimum atomic E-state index is -3.62. The monoisotopic (exact) mass is 428 g/mol. The Morgan fingerprint density at radius 2 is 1.67 bits per heavy atom. The van der Waals surface area contributed by atoms with Crippen LogP contribution in [0.5, 0.6) is 0 Å². The first-order valence-electron chi connectivity index (χ1n) is 10.5. The number of nitrogens with one attached hydrogen (secondary N) is 1. The smallest absolute Gasteiger partial charge is 0.255 e. The standard InChI is InChI=1S/C23H28N2O4S/c1-16-14-25(15-17(2)29-16)30(27,28)20-12-10-19(11-13-20)23(26)24-22-9-5-7-18-6-3-4-8-21(18)22/h5,7,9-13,16-17H,3-4,6,8,14-15H2,1-2H3,(H,24,26)/t16-,17-/m0/s1. The highest BCUT2D eigenvalue weighted by molar-refractivity contribution is 7.89. The Balaban J connectivity index is 1.50. The highest BCUT2D eigenvalue weighted by Gasteiger charge is 2.32. The molecular weight excluding hydrogens is 400 g/mol. The number of nitrogens with zero attached hydrogens (tertiary/aromatic N) is 1. The Kier molecular flexibility index (Phi) is 5.95. The highest BCUT2D eigenvalue weighted by Crippen LogP contribution is 2.28. The molecule has 4 rings (SSSR count). The average molecular weight is 429 g/mol. The van der Waals surface area contributed by atoms with Gasteiger partial charge >= 0.3 is 0 Å². The van der Waals surface area contributed by atoms with Crippen LogP contribution in [-0.2, 0) is 27.6 Å². The fraction of sp³-hybridized carbons (Fsp3) is 0.435. The largest absolute Gasteiger partial charge is 0.373 e. The summed E-state index contributed by atoms with van der Waals surface area (Å²) >= 11 is 0. The molecule has 1 saturated heterocycles. The second-order valence-corrected chi connectivity index (χ2v) is 10.1. The average Bonchev–Trinajstić information content (AvgIpc) is 2.73. The molecule has 0 spiro atoms. The van der Waals surface area contributed by atoms with E-state index in [2.05, 4.69) is 11.4 Å². The van der Waals surface area contributed by atoms with E-state index in [1.807, 2.05) is 26.0 Å². The number of carbonyl (C=O) groups excluding carboxylic acids is 1. The van der Waals surface area contributed by atoms with Crippen LogP contribution < -0.4 is 5.32 Å². The van der Waals surface area contributed by atoms with Gasteiger partial charge in [0.2, 0.25) is 10.0 Å². The van der Waals surface area contributed by atoms with Crippen molar-refractivity contribution >= 4 is 21.6 Å². The summed E-state index contributed by atoms with van der Waals surface area (Å²) in [7, 11) is -3.62. The van der Waals surface area contributed by atoms with Crippen LogP contribution in [0.25, 0.3) is 0 Å². The third kappa shape index (κ3) is 4.29. The first-order chi connectivity index (χ1) is 14.3. The second kappa shape index (κ2) is 8.49. The zero-order valence-electron chi connectivity index (χ0n) is 17.4. The molecule has 1 N–H and O–H groups in total. The van der Waals surface area contributed by atoms with Gasteiger partial charge in [-0.05, 0) is 81.0 Å². The van der Waals surface area contributed by atoms with Crippen molar-refractivity contribution < 1.29 is 17.9 Å². The van der Waals surface area contributed by atoms with E-state index in [4.69, 9.17) is 4.74 Å². The molecule has 0 unspecified atom stereocenters. The Morgan fingerprint density at radius 3 is 2.37 bits per heavy atom. The SMILES string of the molecule is C[C@H]1CN(S(=O)(=O)c2ccc(C(=O)Nc3cccc4c3CCCC4)cc2)C[C@H](C)O1. The van der Waals surface area contributed by atoms with Gasteiger partial charge < -0.3 is 10.1 Å². The number of carbonyl (C=O) groups is 1. The molecule has 1 fully saturated rings. The maximum absolute atomic E-state index is 13.0. The van der Waals surface area contributed by atoms with Crippen molar-refractivity contribution in [3.63, 3.8) is 0 Å². The molecule has 2 aromatic carbocycles. The predicted molar refractivity (Wildman–Crippen MR) is 116 cm³/mol. The van der Waals surface area contributed by atoms with Crippen molar-refractivity contribution in [2.24, 2.45) is 0 Å². The number of fused-ring (bicyclic) bond motifs is 1. The third-order valence-corrected chi connectivity index (χ3v) is 7.63. The van der Waals surface area contributed by atoms with Crippen LogP contribution in [0.15, 0.2) is 47.4 Å². The first kappa shape index (κ1) is 21.0. The number of hydrogen-bond acceptors (Lipinski definition) is 4. The maximum Gasteiger partial charge on any atom is 0.255 e. The van der Waals surface area contributed by atoms with E-state index in [1.165, 1.54) is 34.0 Å². The fourth-order valence-electron chi connectivity index (χ4n) is 4.35. The molecule has 1 aliphatic carbocycles. The van der Waals surface area contributed by atoms with Crippen molar-refractivity contribution in [2.45, 2.75) is 56.6 Å². The predicted octanol–water partition coefficient (Wildman–Crippen LogP) is 3.62. The molecule has 0 aromatic heterocycles. The Morgan fingerprint density at radius 1 is 1.00 bits per heavy atom. The second-order valence-electron chi connectivity index (χ2n) is 8.21. The molecular formula is C23H28N2O4S. The normalized spacial score (nSPS) is 22.3. The van der Waals surface area contributed by atoms with Gasteiger partial charge in [0, 0.05) is 24.3 Å². The molecule has 2 aliphatic rings. The minimum Gasteiger partial charge on any atom is -0.373 e. The van der Waals surface area contributed by atoms with E-state index in [9.17, 15) is 13.2 Å². The van der Waals surface area contributed by atoms with Crippen molar-refractivity contribution in [1.82, 2.24) is 4.31 Å². The van der Waals surface area contributed by atoms with Crippen LogP contribution >= 0.6 is 0 Å². The number of aryl methyl sites for hydroxylation is 1. The number of hydrogen-bond donors (Lipinski definition) is 1. The van der Waals surface area contributed by atoms with Gasteiger partial charge in [-0.2, -0.15) is 4.31 Å². The maximum atomic E-state index is 13.0. The molecule has 0 bridgehead atoms. The zero-order valence-corrected chi connectivity index (χ0v) is 18.2. The van der Waals surface area contributed by atoms with Crippen molar-refractivity contribution in [1.29, 1.82) is 0 Å². The van der Waals surface area contributed by atoms with E-state index in [1.54, 1.807) is 12.1 Å². The van der Waals surface area contributed by atoms with Gasteiger partial charge in [0.25, 0.3) is 5.91 Å². The number of benzene rings is 2. The highest BCUT2D eigenvalue weighted by atomic mass is 32.2. The van der Waals surface area contributed by atoms with Gasteiger partial charge in [-0.3, -0.25) is 4.79 Å². The topological polar surface area (TPSA) is 75.7 Å². The van der Waals surface area contributed by atoms with Gasteiger partial charge in [-0.25, -0.2) is 8.42 Å². The molecule has 6 nitrogen and oxygen atoms in total. The number of rotatable bonds is 4. The van der Waals surface area contributed by atoms with Crippen LogP contribution in [0.4, 0.5) is 5.69 Å². The lowest BCUT2D eigenvalue weighted by molar-refractivity contribution is -0.0440. The number of morpholine rings is 1. The van der Waals surface area contributed by atoms with Gasteiger partial charge in [0.15, 0.2) is 0 Å². The molecule has 7 heteroatoms. The molecule has 30 heavy (non-hydrogen) atoms. The lowest BCUT2D eigenvalue weighted by Gasteiger charge is -2.34. The number of sulfonamides is 1. The van der Waals surface area contributed by atoms with Crippen molar-refractivity contribution in [2.75, 3.05) is 18.4 Å². The van der Waals surface area contributed by atoms with Gasteiger partial charge in [-0.15, -0.1) is 0 Å². The number of ether oxygens (including phenoxy) is 1. The quantitative estimate of drug-likeness (QED) is 0.807. The number of amides is 1. The van der Waals surface area contributed by atoms with E-state index < -0.39 is 10.0 Å². The molecule has 1 amide bonds. The summed E-state index contributed by atoms with van der Waals surface area (Å²) in [6.07, 6.45) is 4.03. The summed E-state index contributed by atoms with van der Waals surface area (Å²) in [4.78, 5) is 13.0. The lowest BCUT2D eigenvalue weighted by atomic mass is 9.90. The Hall–Kier alpha value is -2.22. The Bertz CT molecular complexity index is 1020. The van der Waals surface area contributed by atoms with E-state index >= 15 is 0 Å². The fourth-order valence-corrected chi connectivity index (χ4v) is 5.94. The van der Waals surface area contributed by atoms with Crippen LogP contribution in [0, 0.1) is 0 Å². The molecule has 160 valence electrons. The van der Waals surface area contributed by atoms with Gasteiger partial charge in [0.1, 0.15) is 0 Å². The summed E-state index contributed by atoms with van der Waals surface area (Å²) < 4.78 is 33.1. The minimum absolute atomic E-state index is 0.148.